The number of piperazine rings is 1. The number of hydrogen-bond acceptors (Lipinski definition) is 4. The Morgan fingerprint density at radius 1 is 0.867 bits per heavy atom. The first kappa shape index (κ1) is 20.5. The van der Waals surface area contributed by atoms with Crippen molar-refractivity contribution in [2.24, 2.45) is 0 Å². The number of hydrogen-bond donors (Lipinski definition) is 2. The maximum absolute atomic E-state index is 12.8. The summed E-state index contributed by atoms with van der Waals surface area (Å²) in [5.41, 5.74) is 0.501. The van der Waals surface area contributed by atoms with Gasteiger partial charge in [0.05, 0.1) is 16.1 Å². The van der Waals surface area contributed by atoms with Gasteiger partial charge in [-0.1, -0.05) is 24.3 Å². The van der Waals surface area contributed by atoms with E-state index >= 15 is 0 Å². The van der Waals surface area contributed by atoms with Crippen LogP contribution in [0.2, 0.25) is 0 Å². The monoisotopic (exact) mass is 435 g/mol. The van der Waals surface area contributed by atoms with Crippen LogP contribution >= 0.6 is 0 Å². The van der Waals surface area contributed by atoms with Gasteiger partial charge in [-0.25, -0.2) is 8.42 Å². The fraction of sp³-hybridized carbons (Fsp3) is 0.238. The number of anilines is 2. The summed E-state index contributed by atoms with van der Waals surface area (Å²) in [5.74, 6) is 0. The van der Waals surface area contributed by atoms with Crippen LogP contribution in [0.25, 0.3) is 10.8 Å². The van der Waals surface area contributed by atoms with Crippen LogP contribution in [0.4, 0.5) is 24.5 Å². The van der Waals surface area contributed by atoms with Crippen LogP contribution in [0, 0.1) is 0 Å². The zero-order chi connectivity index (χ0) is 21.4. The molecule has 1 heterocycles. The minimum atomic E-state index is -4.52. The quantitative estimate of drug-likeness (QED) is 0.649. The van der Waals surface area contributed by atoms with Crippen molar-refractivity contribution >= 4 is 32.2 Å². The molecule has 0 unspecified atom stereocenters. The van der Waals surface area contributed by atoms with Crippen molar-refractivity contribution in [1.29, 1.82) is 0 Å². The third-order valence-corrected chi connectivity index (χ3v) is 6.48. The average Bonchev–Trinajstić information content (AvgIpc) is 2.74. The number of alkyl halides is 3. The Morgan fingerprint density at radius 3 is 2.13 bits per heavy atom. The molecule has 0 saturated carbocycles. The van der Waals surface area contributed by atoms with Crippen LogP contribution in [-0.4, -0.2) is 34.6 Å². The van der Waals surface area contributed by atoms with Crippen LogP contribution in [-0.2, 0) is 16.2 Å². The van der Waals surface area contributed by atoms with E-state index in [0.717, 1.165) is 66.9 Å². The SMILES string of the molecule is O=S(=O)(Nc1ccc(N2CCNCC2)c2ccccc12)c1ccc(C(F)(F)F)cc1. The fourth-order valence-electron chi connectivity index (χ4n) is 3.58. The number of nitrogens with zero attached hydrogens (tertiary/aromatic N) is 1. The Balaban J connectivity index is 1.68. The molecule has 5 nitrogen and oxygen atoms in total. The largest absolute Gasteiger partial charge is 0.416 e. The van der Waals surface area contributed by atoms with Crippen molar-refractivity contribution < 1.29 is 21.6 Å². The van der Waals surface area contributed by atoms with E-state index in [1.165, 1.54) is 0 Å². The maximum atomic E-state index is 12.8. The van der Waals surface area contributed by atoms with Gasteiger partial charge in [-0.05, 0) is 36.4 Å². The highest BCUT2D eigenvalue weighted by Gasteiger charge is 2.30. The predicted octanol–water partition coefficient (Wildman–Crippen LogP) is 4.07. The Bertz CT molecular complexity index is 1160. The number of benzene rings is 3. The molecule has 2 N–H and O–H groups in total. The molecule has 1 saturated heterocycles. The lowest BCUT2D eigenvalue weighted by Gasteiger charge is -2.30. The highest BCUT2D eigenvalue weighted by atomic mass is 32.2. The van der Waals surface area contributed by atoms with Gasteiger partial charge in [0.2, 0.25) is 0 Å². The zero-order valence-electron chi connectivity index (χ0n) is 15.9. The van der Waals surface area contributed by atoms with E-state index < -0.39 is 21.8 Å². The third-order valence-electron chi connectivity index (χ3n) is 5.10. The molecule has 0 spiro atoms. The number of nitrogens with one attached hydrogen (secondary N) is 2. The van der Waals surface area contributed by atoms with Gasteiger partial charge < -0.3 is 10.2 Å². The molecule has 1 aliphatic heterocycles. The molecule has 0 aromatic heterocycles. The first-order chi connectivity index (χ1) is 14.3. The van der Waals surface area contributed by atoms with E-state index in [0.29, 0.717) is 5.69 Å². The normalized spacial score (nSPS) is 15.4. The number of fused-ring (bicyclic) bond motifs is 1. The lowest BCUT2D eigenvalue weighted by molar-refractivity contribution is -0.137. The Labute approximate surface area is 172 Å². The molecule has 0 bridgehead atoms. The molecule has 1 fully saturated rings. The van der Waals surface area contributed by atoms with E-state index in [4.69, 9.17) is 0 Å². The summed E-state index contributed by atoms with van der Waals surface area (Å²) in [5, 5.41) is 4.94. The van der Waals surface area contributed by atoms with E-state index in [1.807, 2.05) is 30.3 Å². The summed E-state index contributed by atoms with van der Waals surface area (Å²) in [6.45, 7) is 3.44. The smallest absolute Gasteiger partial charge is 0.368 e. The molecule has 0 aliphatic carbocycles. The standard InChI is InChI=1S/C21H20F3N3O2S/c22-21(23,24)15-5-7-16(8-6-15)30(28,29)26-19-9-10-20(27-13-11-25-12-14-27)18-4-2-1-3-17(18)19/h1-10,25-26H,11-14H2. The number of rotatable bonds is 4. The van der Waals surface area contributed by atoms with Crippen LogP contribution in [0.3, 0.4) is 0 Å². The molecule has 158 valence electrons. The first-order valence-electron chi connectivity index (χ1n) is 9.43. The Kier molecular flexibility index (Phi) is 5.33. The second kappa shape index (κ2) is 7.81. The predicted molar refractivity (Wildman–Crippen MR) is 111 cm³/mol. The van der Waals surface area contributed by atoms with Crippen LogP contribution < -0.4 is 14.9 Å². The third kappa shape index (κ3) is 4.08. The van der Waals surface area contributed by atoms with Gasteiger partial charge in [0.25, 0.3) is 10.0 Å². The van der Waals surface area contributed by atoms with Gasteiger partial charge in [-0.3, -0.25) is 4.72 Å². The molecular formula is C21H20F3N3O2S. The molecule has 3 aromatic carbocycles. The van der Waals surface area contributed by atoms with Gasteiger partial charge in [0, 0.05) is 42.6 Å². The van der Waals surface area contributed by atoms with Crippen LogP contribution in [0.15, 0.2) is 65.6 Å². The lowest BCUT2D eigenvalue weighted by atomic mass is 10.1. The van der Waals surface area contributed by atoms with Crippen molar-refractivity contribution in [3.63, 3.8) is 0 Å². The summed E-state index contributed by atoms with van der Waals surface area (Å²) >= 11 is 0. The molecule has 4 rings (SSSR count). The molecule has 3 aromatic rings. The Morgan fingerprint density at radius 2 is 1.50 bits per heavy atom. The van der Waals surface area contributed by atoms with Crippen molar-refractivity contribution in [2.45, 2.75) is 11.1 Å². The van der Waals surface area contributed by atoms with Gasteiger partial charge in [-0.2, -0.15) is 13.2 Å². The summed E-state index contributed by atoms with van der Waals surface area (Å²) in [4.78, 5) is 2.01. The van der Waals surface area contributed by atoms with Crippen LogP contribution in [0.5, 0.6) is 0 Å². The molecule has 0 amide bonds. The lowest BCUT2D eigenvalue weighted by Crippen LogP contribution is -2.43. The molecule has 0 radical (unpaired) electrons. The van der Waals surface area contributed by atoms with Crippen molar-refractivity contribution in [3.05, 3.63) is 66.2 Å². The molecular weight excluding hydrogens is 415 g/mol. The second-order valence-electron chi connectivity index (χ2n) is 7.04. The van der Waals surface area contributed by atoms with Gasteiger partial charge in [0.15, 0.2) is 0 Å². The zero-order valence-corrected chi connectivity index (χ0v) is 16.7. The summed E-state index contributed by atoms with van der Waals surface area (Å²) in [6, 6.07) is 14.5. The summed E-state index contributed by atoms with van der Waals surface area (Å²) in [6.07, 6.45) is -4.52. The minimum absolute atomic E-state index is 0.231. The van der Waals surface area contributed by atoms with E-state index in [-0.39, 0.29) is 4.90 Å². The average molecular weight is 435 g/mol. The summed E-state index contributed by atoms with van der Waals surface area (Å²) < 4.78 is 66.4. The fourth-order valence-corrected chi connectivity index (χ4v) is 4.66. The maximum Gasteiger partial charge on any atom is 0.416 e. The van der Waals surface area contributed by atoms with Crippen molar-refractivity contribution in [2.75, 3.05) is 35.8 Å². The van der Waals surface area contributed by atoms with Crippen LogP contribution in [0.1, 0.15) is 5.56 Å². The van der Waals surface area contributed by atoms with Gasteiger partial charge >= 0.3 is 6.18 Å². The Hall–Kier alpha value is -2.78. The van der Waals surface area contributed by atoms with E-state index in [1.54, 1.807) is 6.07 Å². The highest BCUT2D eigenvalue weighted by Crippen LogP contribution is 2.34. The number of halogens is 3. The van der Waals surface area contributed by atoms with Gasteiger partial charge in [0.1, 0.15) is 0 Å². The topological polar surface area (TPSA) is 61.4 Å². The first-order valence-corrected chi connectivity index (χ1v) is 10.9. The van der Waals surface area contributed by atoms with Crippen molar-refractivity contribution in [3.8, 4) is 0 Å². The van der Waals surface area contributed by atoms with Crippen molar-refractivity contribution in [1.82, 2.24) is 5.32 Å². The molecule has 30 heavy (non-hydrogen) atoms. The van der Waals surface area contributed by atoms with Gasteiger partial charge in [-0.15, -0.1) is 0 Å². The number of sulfonamides is 1. The highest BCUT2D eigenvalue weighted by molar-refractivity contribution is 7.92. The minimum Gasteiger partial charge on any atom is -0.368 e. The summed E-state index contributed by atoms with van der Waals surface area (Å²) in [7, 11) is -4.05. The molecule has 1 aliphatic rings. The molecule has 0 atom stereocenters. The van der Waals surface area contributed by atoms with E-state index in [9.17, 15) is 21.6 Å². The van der Waals surface area contributed by atoms with E-state index in [2.05, 4.69) is 14.9 Å². The second-order valence-corrected chi connectivity index (χ2v) is 8.72. The molecule has 9 heteroatoms.